The fraction of sp³-hybridized carbons (Fsp3) is 0.409. The van der Waals surface area contributed by atoms with Crippen LogP contribution in [0, 0.1) is 0 Å². The van der Waals surface area contributed by atoms with Crippen LogP contribution in [0.25, 0.3) is 11.5 Å². The van der Waals surface area contributed by atoms with Gasteiger partial charge in [-0.15, -0.1) is 0 Å². The lowest BCUT2D eigenvalue weighted by Gasteiger charge is -2.21. The first-order valence-electron chi connectivity index (χ1n) is 10.1. The molecule has 1 fully saturated rings. The summed E-state index contributed by atoms with van der Waals surface area (Å²) in [7, 11) is 3.33. The first-order chi connectivity index (χ1) is 14.8. The van der Waals surface area contributed by atoms with E-state index in [4.69, 9.17) is 18.7 Å². The van der Waals surface area contributed by atoms with Gasteiger partial charge in [0.05, 0.1) is 19.8 Å². The van der Waals surface area contributed by atoms with Gasteiger partial charge in [-0.25, -0.2) is 0 Å². The summed E-state index contributed by atoms with van der Waals surface area (Å²) in [4.78, 5) is 11.4. The van der Waals surface area contributed by atoms with Crippen LogP contribution in [0.15, 0.2) is 47.1 Å². The summed E-state index contributed by atoms with van der Waals surface area (Å²) in [6.45, 7) is 2.79. The molecule has 0 unspecified atom stereocenters. The zero-order valence-electron chi connectivity index (χ0n) is 17.3. The number of hydrogen-bond acceptors (Lipinski definition) is 8. The molecule has 1 aliphatic rings. The Bertz CT molecular complexity index is 962. The van der Waals surface area contributed by atoms with Gasteiger partial charge < -0.3 is 18.7 Å². The molecule has 0 aliphatic carbocycles. The van der Waals surface area contributed by atoms with Crippen LogP contribution in [0.4, 0.5) is 0 Å². The second-order valence-electron chi connectivity index (χ2n) is 7.15. The van der Waals surface area contributed by atoms with E-state index in [9.17, 15) is 0 Å². The fourth-order valence-corrected chi connectivity index (χ4v) is 3.64. The van der Waals surface area contributed by atoms with Gasteiger partial charge in [-0.3, -0.25) is 9.88 Å². The molecule has 30 heavy (non-hydrogen) atoms. The smallest absolute Gasteiger partial charge is 0.244 e. The molecule has 3 heterocycles. The Labute approximate surface area is 175 Å². The fourth-order valence-electron chi connectivity index (χ4n) is 3.64. The van der Waals surface area contributed by atoms with Crippen LogP contribution < -0.4 is 9.47 Å². The van der Waals surface area contributed by atoms with Gasteiger partial charge in [0.1, 0.15) is 23.8 Å². The van der Waals surface area contributed by atoms with E-state index in [0.717, 1.165) is 31.7 Å². The van der Waals surface area contributed by atoms with Crippen molar-refractivity contribution >= 4 is 0 Å². The van der Waals surface area contributed by atoms with E-state index >= 15 is 0 Å². The van der Waals surface area contributed by atoms with Crippen LogP contribution >= 0.6 is 0 Å². The van der Waals surface area contributed by atoms with E-state index in [2.05, 4.69) is 32.2 Å². The lowest BCUT2D eigenvalue weighted by Crippen LogP contribution is -2.23. The van der Waals surface area contributed by atoms with Crippen molar-refractivity contribution in [2.45, 2.75) is 25.4 Å². The number of methoxy groups -OCH3 is 2. The second-order valence-corrected chi connectivity index (χ2v) is 7.15. The highest BCUT2D eigenvalue weighted by Crippen LogP contribution is 2.33. The standard InChI is InChI=1S/C22H26N4O4/c1-27-11-12-29-18-8-9-23-19(14-18)21-24-22(30-25-21)20-7-4-10-26(20)15-16-5-3-6-17(13-16)28-2/h3,5-6,8-9,13-14,20H,4,7,10-12,15H2,1-2H3/t20-/m0/s1. The van der Waals surface area contributed by atoms with Crippen LogP contribution in [0.2, 0.25) is 0 Å². The highest BCUT2D eigenvalue weighted by Gasteiger charge is 2.31. The minimum atomic E-state index is 0.0959. The van der Waals surface area contributed by atoms with Gasteiger partial charge in [-0.2, -0.15) is 4.98 Å². The number of hydrogen-bond donors (Lipinski definition) is 0. The van der Waals surface area contributed by atoms with Gasteiger partial charge in [-0.1, -0.05) is 17.3 Å². The molecule has 1 aromatic carbocycles. The molecule has 0 N–H and O–H groups in total. The molecule has 3 aromatic rings. The van der Waals surface area contributed by atoms with Crippen LogP contribution in [0.3, 0.4) is 0 Å². The van der Waals surface area contributed by atoms with Crippen molar-refractivity contribution in [2.24, 2.45) is 0 Å². The summed E-state index contributed by atoms with van der Waals surface area (Å²) in [6, 6.07) is 11.8. The predicted molar refractivity (Wildman–Crippen MR) is 110 cm³/mol. The lowest BCUT2D eigenvalue weighted by molar-refractivity contribution is 0.146. The first kappa shape index (κ1) is 20.3. The average molecular weight is 410 g/mol. The first-order valence-corrected chi connectivity index (χ1v) is 10.1. The molecule has 0 spiro atoms. The number of nitrogens with zero attached hydrogens (tertiary/aromatic N) is 4. The Morgan fingerprint density at radius 3 is 2.93 bits per heavy atom. The highest BCUT2D eigenvalue weighted by atomic mass is 16.5. The molecule has 2 aromatic heterocycles. The molecule has 0 saturated carbocycles. The molecule has 4 rings (SSSR count). The van der Waals surface area contributed by atoms with Crippen molar-refractivity contribution < 1.29 is 18.7 Å². The molecule has 1 aliphatic heterocycles. The monoisotopic (exact) mass is 410 g/mol. The summed E-state index contributed by atoms with van der Waals surface area (Å²) >= 11 is 0. The summed E-state index contributed by atoms with van der Waals surface area (Å²) in [5, 5.41) is 4.16. The van der Waals surface area contributed by atoms with Gasteiger partial charge in [0.15, 0.2) is 0 Å². The van der Waals surface area contributed by atoms with Gasteiger partial charge in [0, 0.05) is 25.9 Å². The van der Waals surface area contributed by atoms with Crippen molar-refractivity contribution in [3.63, 3.8) is 0 Å². The Balaban J connectivity index is 1.47. The summed E-state index contributed by atoms with van der Waals surface area (Å²) in [6.07, 6.45) is 3.75. The Morgan fingerprint density at radius 2 is 2.07 bits per heavy atom. The molecular weight excluding hydrogens is 384 g/mol. The Kier molecular flexibility index (Phi) is 6.56. The molecule has 0 bridgehead atoms. The topological polar surface area (TPSA) is 82.7 Å². The van der Waals surface area contributed by atoms with Gasteiger partial charge in [0.25, 0.3) is 0 Å². The molecule has 8 heteroatoms. The van der Waals surface area contributed by atoms with E-state index in [0.29, 0.717) is 36.4 Å². The number of likely N-dealkylation sites (tertiary alicyclic amines) is 1. The third kappa shape index (κ3) is 4.77. The maximum Gasteiger partial charge on any atom is 0.244 e. The predicted octanol–water partition coefficient (Wildman–Crippen LogP) is 3.50. The molecule has 1 atom stereocenters. The van der Waals surface area contributed by atoms with Crippen molar-refractivity contribution in [3.05, 3.63) is 54.0 Å². The van der Waals surface area contributed by atoms with Crippen molar-refractivity contribution in [1.82, 2.24) is 20.0 Å². The normalized spacial score (nSPS) is 16.7. The molecule has 0 amide bonds. The molecule has 1 saturated heterocycles. The third-order valence-electron chi connectivity index (χ3n) is 5.13. The molecular formula is C22H26N4O4. The van der Waals surface area contributed by atoms with Crippen LogP contribution in [-0.2, 0) is 11.3 Å². The minimum absolute atomic E-state index is 0.0959. The number of aromatic nitrogens is 3. The zero-order chi connectivity index (χ0) is 20.8. The van der Waals surface area contributed by atoms with Crippen molar-refractivity contribution in [3.8, 4) is 23.0 Å². The maximum atomic E-state index is 5.65. The van der Waals surface area contributed by atoms with Gasteiger partial charge in [-0.05, 0) is 43.1 Å². The third-order valence-corrected chi connectivity index (χ3v) is 5.13. The number of pyridine rings is 1. The Hall–Kier alpha value is -2.97. The van der Waals surface area contributed by atoms with E-state index in [-0.39, 0.29) is 6.04 Å². The maximum absolute atomic E-state index is 5.65. The van der Waals surface area contributed by atoms with E-state index in [1.807, 2.05) is 18.2 Å². The largest absolute Gasteiger partial charge is 0.497 e. The number of rotatable bonds is 9. The summed E-state index contributed by atoms with van der Waals surface area (Å²) < 4.78 is 21.6. The zero-order valence-corrected chi connectivity index (χ0v) is 17.3. The average Bonchev–Trinajstić information content (AvgIpc) is 3.44. The lowest BCUT2D eigenvalue weighted by atomic mass is 10.1. The van der Waals surface area contributed by atoms with E-state index in [1.165, 1.54) is 5.56 Å². The van der Waals surface area contributed by atoms with Crippen LogP contribution in [0.1, 0.15) is 30.3 Å². The molecule has 8 nitrogen and oxygen atoms in total. The number of ether oxygens (including phenoxy) is 3. The van der Waals surface area contributed by atoms with Gasteiger partial charge >= 0.3 is 0 Å². The second kappa shape index (κ2) is 9.69. The van der Waals surface area contributed by atoms with Crippen molar-refractivity contribution in [2.75, 3.05) is 34.0 Å². The van der Waals surface area contributed by atoms with Gasteiger partial charge in [0.2, 0.25) is 11.7 Å². The summed E-state index contributed by atoms with van der Waals surface area (Å²) in [5.74, 6) is 2.65. The highest BCUT2D eigenvalue weighted by molar-refractivity contribution is 5.50. The molecule has 0 radical (unpaired) electrons. The SMILES string of the molecule is COCCOc1ccnc(-c2noc([C@@H]3CCCN3Cc3cccc(OC)c3)n2)c1. The quantitative estimate of drug-likeness (QED) is 0.496. The van der Waals surface area contributed by atoms with Crippen molar-refractivity contribution in [1.29, 1.82) is 0 Å². The van der Waals surface area contributed by atoms with E-state index < -0.39 is 0 Å². The molecule has 158 valence electrons. The summed E-state index contributed by atoms with van der Waals surface area (Å²) in [5.41, 5.74) is 1.82. The minimum Gasteiger partial charge on any atom is -0.497 e. The Morgan fingerprint density at radius 1 is 1.13 bits per heavy atom. The van der Waals surface area contributed by atoms with E-state index in [1.54, 1.807) is 26.5 Å². The van der Waals surface area contributed by atoms with Crippen LogP contribution in [-0.4, -0.2) is 54.0 Å². The number of benzene rings is 1. The van der Waals surface area contributed by atoms with Crippen LogP contribution in [0.5, 0.6) is 11.5 Å².